The number of benzene rings is 1. The van der Waals surface area contributed by atoms with E-state index in [-0.39, 0.29) is 12.5 Å². The van der Waals surface area contributed by atoms with Crippen LogP contribution in [0.3, 0.4) is 0 Å². The number of nitrogens with one attached hydrogen (secondary N) is 1. The maximum Gasteiger partial charge on any atom is 0.341 e. The second-order valence-corrected chi connectivity index (χ2v) is 6.36. The largest absolute Gasteiger partial charge is 0.465 e. The molecule has 2 aromatic rings. The highest BCUT2D eigenvalue weighted by atomic mass is 35.5. The predicted octanol–water partition coefficient (Wildman–Crippen LogP) is 3.75. The molecule has 1 aromatic heterocycles. The van der Waals surface area contributed by atoms with Crippen molar-refractivity contribution < 1.29 is 18.7 Å². The number of rotatable bonds is 6. The molecular weight excluding hydrogens is 367 g/mol. The first kappa shape index (κ1) is 19.3. The number of carbonyl (C=O) groups is 2. The predicted molar refractivity (Wildman–Crippen MR) is 96.2 cm³/mol. The first-order chi connectivity index (χ1) is 11.8. The van der Waals surface area contributed by atoms with Crippen molar-refractivity contribution in [3.63, 3.8) is 0 Å². The number of furan rings is 1. The molecule has 2 rings (SSSR count). The fraction of sp³-hybridized carbons (Fsp3) is 0.294. The van der Waals surface area contributed by atoms with Gasteiger partial charge in [0.2, 0.25) is 5.91 Å². The summed E-state index contributed by atoms with van der Waals surface area (Å²) in [6.07, 6.45) is 0. The molecule has 0 radical (unpaired) electrons. The number of ether oxygens (including phenoxy) is 1. The van der Waals surface area contributed by atoms with Crippen LogP contribution in [0.4, 0.5) is 5.69 Å². The van der Waals surface area contributed by atoms with Gasteiger partial charge in [0.1, 0.15) is 17.1 Å². The van der Waals surface area contributed by atoms with E-state index in [2.05, 4.69) is 10.1 Å². The van der Waals surface area contributed by atoms with Gasteiger partial charge >= 0.3 is 5.97 Å². The van der Waals surface area contributed by atoms with Crippen molar-refractivity contribution >= 4 is 40.8 Å². The van der Waals surface area contributed by atoms with Gasteiger partial charge in [-0.05, 0) is 38.2 Å². The number of nitrogens with zero attached hydrogens (tertiary/aromatic N) is 1. The van der Waals surface area contributed by atoms with Gasteiger partial charge < -0.3 is 14.5 Å². The van der Waals surface area contributed by atoms with E-state index in [1.54, 1.807) is 43.1 Å². The summed E-state index contributed by atoms with van der Waals surface area (Å²) in [5, 5.41) is 3.59. The Bertz CT molecular complexity index is 789. The Morgan fingerprint density at radius 2 is 2.00 bits per heavy atom. The highest BCUT2D eigenvalue weighted by Gasteiger charge is 2.17. The molecule has 0 saturated heterocycles. The first-order valence-electron chi connectivity index (χ1n) is 7.41. The minimum Gasteiger partial charge on any atom is -0.465 e. The van der Waals surface area contributed by atoms with Gasteiger partial charge in [0.25, 0.3) is 0 Å². The number of anilines is 1. The third kappa shape index (κ3) is 5.22. The van der Waals surface area contributed by atoms with Crippen LogP contribution in [0.25, 0.3) is 0 Å². The monoisotopic (exact) mass is 384 g/mol. The number of halogens is 2. The lowest BCUT2D eigenvalue weighted by Gasteiger charge is -2.15. The topological polar surface area (TPSA) is 71.8 Å². The van der Waals surface area contributed by atoms with Crippen LogP contribution in [0, 0.1) is 6.92 Å². The molecule has 1 amide bonds. The minimum atomic E-state index is -0.453. The summed E-state index contributed by atoms with van der Waals surface area (Å²) in [7, 11) is 3.07. The van der Waals surface area contributed by atoms with Gasteiger partial charge in [-0.25, -0.2) is 4.79 Å². The summed E-state index contributed by atoms with van der Waals surface area (Å²) in [4.78, 5) is 25.5. The van der Waals surface area contributed by atoms with Crippen molar-refractivity contribution in [2.45, 2.75) is 13.5 Å². The van der Waals surface area contributed by atoms with Crippen molar-refractivity contribution in [1.29, 1.82) is 0 Å². The third-order valence-corrected chi connectivity index (χ3v) is 3.97. The number of aryl methyl sites for hydroxylation is 1. The highest BCUT2D eigenvalue weighted by molar-refractivity contribution is 6.36. The van der Waals surface area contributed by atoms with E-state index in [0.29, 0.717) is 39.4 Å². The molecule has 6 nitrogen and oxygen atoms in total. The lowest BCUT2D eigenvalue weighted by atomic mass is 10.2. The molecule has 0 unspecified atom stereocenters. The second-order valence-electron chi connectivity index (χ2n) is 5.52. The maximum absolute atomic E-state index is 12.1. The summed E-state index contributed by atoms with van der Waals surface area (Å²) in [5.41, 5.74) is 0.870. The number of hydrogen-bond acceptors (Lipinski definition) is 5. The zero-order chi connectivity index (χ0) is 18.6. The molecule has 1 N–H and O–H groups in total. The molecule has 1 aromatic carbocycles. The smallest absolute Gasteiger partial charge is 0.341 e. The van der Waals surface area contributed by atoms with E-state index >= 15 is 0 Å². The van der Waals surface area contributed by atoms with E-state index in [4.69, 9.17) is 27.6 Å². The number of amides is 1. The Kier molecular flexibility index (Phi) is 6.47. The summed E-state index contributed by atoms with van der Waals surface area (Å²) in [6.45, 7) is 2.16. The summed E-state index contributed by atoms with van der Waals surface area (Å²) >= 11 is 11.9. The molecule has 0 spiro atoms. The van der Waals surface area contributed by atoms with Gasteiger partial charge in [-0.2, -0.15) is 0 Å². The van der Waals surface area contributed by atoms with Gasteiger partial charge in [0.15, 0.2) is 0 Å². The average molecular weight is 385 g/mol. The normalized spacial score (nSPS) is 10.8. The van der Waals surface area contributed by atoms with E-state index in [9.17, 15) is 9.59 Å². The molecule has 0 aliphatic rings. The molecule has 0 aliphatic heterocycles. The fourth-order valence-corrected chi connectivity index (χ4v) is 2.74. The molecular formula is C17H18Cl2N2O4. The van der Waals surface area contributed by atoms with Crippen LogP contribution in [0.1, 0.15) is 21.9 Å². The molecule has 134 valence electrons. The minimum absolute atomic E-state index is 0.117. The Hall–Kier alpha value is -2.02. The van der Waals surface area contributed by atoms with E-state index in [0.717, 1.165) is 0 Å². The summed E-state index contributed by atoms with van der Waals surface area (Å²) in [6, 6.07) is 6.46. The van der Waals surface area contributed by atoms with E-state index < -0.39 is 5.97 Å². The van der Waals surface area contributed by atoms with Crippen molar-refractivity contribution in [2.24, 2.45) is 0 Å². The van der Waals surface area contributed by atoms with Gasteiger partial charge in [-0.1, -0.05) is 23.2 Å². The van der Waals surface area contributed by atoms with Crippen LogP contribution < -0.4 is 5.32 Å². The van der Waals surface area contributed by atoms with Gasteiger partial charge in [-0.3, -0.25) is 9.69 Å². The Morgan fingerprint density at radius 1 is 1.28 bits per heavy atom. The van der Waals surface area contributed by atoms with Gasteiger partial charge in [0.05, 0.1) is 30.9 Å². The Balaban J connectivity index is 1.94. The quantitative estimate of drug-likeness (QED) is 0.767. The van der Waals surface area contributed by atoms with Crippen LogP contribution in [0.2, 0.25) is 10.0 Å². The zero-order valence-electron chi connectivity index (χ0n) is 14.1. The molecule has 0 atom stereocenters. The lowest BCUT2D eigenvalue weighted by Crippen LogP contribution is -2.29. The van der Waals surface area contributed by atoms with Crippen LogP contribution in [0.15, 0.2) is 28.7 Å². The molecule has 0 bridgehead atoms. The number of carbonyl (C=O) groups excluding carboxylic acids is 2. The average Bonchev–Trinajstić information content (AvgIpc) is 2.89. The zero-order valence-corrected chi connectivity index (χ0v) is 15.6. The molecule has 0 fully saturated rings. The fourth-order valence-electron chi connectivity index (χ4n) is 2.28. The highest BCUT2D eigenvalue weighted by Crippen LogP contribution is 2.25. The van der Waals surface area contributed by atoms with E-state index in [1.165, 1.54) is 7.11 Å². The molecule has 0 saturated carbocycles. The van der Waals surface area contributed by atoms with Crippen molar-refractivity contribution in [3.8, 4) is 0 Å². The number of esters is 1. The Labute approximate surface area is 155 Å². The summed E-state index contributed by atoms with van der Waals surface area (Å²) in [5.74, 6) is 0.360. The standard InChI is InChI=1S/C17H18Cl2N2O4/c1-10-13(17(23)24-3)7-12(25-10)8-21(2)9-16(22)20-15-5-4-11(18)6-14(15)19/h4-7H,8-9H2,1-3H3,(H,20,22). The molecule has 25 heavy (non-hydrogen) atoms. The summed E-state index contributed by atoms with van der Waals surface area (Å²) < 4.78 is 10.2. The molecule has 1 heterocycles. The van der Waals surface area contributed by atoms with Crippen LogP contribution in [0.5, 0.6) is 0 Å². The van der Waals surface area contributed by atoms with Crippen LogP contribution >= 0.6 is 23.2 Å². The van der Waals surface area contributed by atoms with Crippen LogP contribution in [-0.4, -0.2) is 37.5 Å². The third-order valence-electron chi connectivity index (χ3n) is 3.42. The molecule has 8 heteroatoms. The first-order valence-corrected chi connectivity index (χ1v) is 8.16. The lowest BCUT2D eigenvalue weighted by molar-refractivity contribution is -0.117. The maximum atomic E-state index is 12.1. The van der Waals surface area contributed by atoms with Crippen molar-refractivity contribution in [3.05, 3.63) is 51.4 Å². The van der Waals surface area contributed by atoms with Crippen molar-refractivity contribution in [1.82, 2.24) is 4.90 Å². The second kappa shape index (κ2) is 8.38. The van der Waals surface area contributed by atoms with Crippen molar-refractivity contribution in [2.75, 3.05) is 26.0 Å². The number of likely N-dealkylation sites (N-methyl/N-ethyl adjacent to an activating group) is 1. The van der Waals surface area contributed by atoms with Crippen LogP contribution in [-0.2, 0) is 16.1 Å². The SMILES string of the molecule is COC(=O)c1cc(CN(C)CC(=O)Nc2ccc(Cl)cc2Cl)oc1C. The van der Waals surface area contributed by atoms with E-state index in [1.807, 2.05) is 0 Å². The van der Waals surface area contributed by atoms with Gasteiger partial charge in [-0.15, -0.1) is 0 Å². The number of hydrogen-bond donors (Lipinski definition) is 1. The number of methoxy groups -OCH3 is 1. The molecule has 0 aliphatic carbocycles. The Morgan fingerprint density at radius 3 is 2.64 bits per heavy atom. The van der Waals surface area contributed by atoms with Gasteiger partial charge in [0, 0.05) is 5.02 Å².